The van der Waals surface area contributed by atoms with Gasteiger partial charge >= 0.3 is 0 Å². The van der Waals surface area contributed by atoms with Gasteiger partial charge in [0.1, 0.15) is 7.14 Å². The van der Waals surface area contributed by atoms with Crippen molar-refractivity contribution in [2.24, 2.45) is 0 Å². The summed E-state index contributed by atoms with van der Waals surface area (Å²) in [7, 11) is -3.17. The third-order valence-electron chi connectivity index (χ3n) is 6.33. The van der Waals surface area contributed by atoms with Crippen molar-refractivity contribution in [3.63, 3.8) is 0 Å². The molecule has 0 radical (unpaired) electrons. The van der Waals surface area contributed by atoms with Crippen LogP contribution < -0.4 is 5.30 Å². The summed E-state index contributed by atoms with van der Waals surface area (Å²) < 4.78 is 15.3. The number of aliphatic hydroxyl groups excluding tert-OH is 1. The Morgan fingerprint density at radius 2 is 1.06 bits per heavy atom. The quantitative estimate of drug-likeness (QED) is 0.365. The lowest BCUT2D eigenvalue weighted by atomic mass is 9.92. The Kier molecular flexibility index (Phi) is 5.66. The second-order valence-corrected chi connectivity index (χ2v) is 11.2. The van der Waals surface area contributed by atoms with Crippen molar-refractivity contribution in [3.8, 4) is 0 Å². The molecule has 0 aliphatic carbocycles. The average molecular weight is 436 g/mol. The standard InChI is InChI=1S/C29H25O2P/c30-28-26(22-13-5-1-6-14-22)21-27(23-15-7-2-8-16-23)32(31,25-19-11-4-12-20-25)29(28)24-17-9-3-10-18-24/h1-21,27-30H. The highest BCUT2D eigenvalue weighted by molar-refractivity contribution is 7.72. The molecule has 1 aliphatic heterocycles. The van der Waals surface area contributed by atoms with E-state index in [4.69, 9.17) is 0 Å². The summed E-state index contributed by atoms with van der Waals surface area (Å²) in [5.74, 6) is 0. The molecule has 0 aromatic heterocycles. The molecule has 0 fully saturated rings. The van der Waals surface area contributed by atoms with Crippen LogP contribution in [0, 0.1) is 0 Å². The van der Waals surface area contributed by atoms with Crippen molar-refractivity contribution < 1.29 is 9.67 Å². The summed E-state index contributed by atoms with van der Waals surface area (Å²) in [4.78, 5) is 0. The minimum Gasteiger partial charge on any atom is -0.387 e. The molecule has 4 aromatic carbocycles. The zero-order chi connectivity index (χ0) is 22.0. The Bertz CT molecular complexity index is 1250. The van der Waals surface area contributed by atoms with Gasteiger partial charge in [0.25, 0.3) is 0 Å². The summed E-state index contributed by atoms with van der Waals surface area (Å²) in [5.41, 5.74) is 2.80. The van der Waals surface area contributed by atoms with Crippen molar-refractivity contribution in [3.05, 3.63) is 144 Å². The van der Waals surface area contributed by atoms with Gasteiger partial charge in [0.2, 0.25) is 0 Å². The van der Waals surface area contributed by atoms with Gasteiger partial charge < -0.3 is 9.67 Å². The topological polar surface area (TPSA) is 37.3 Å². The van der Waals surface area contributed by atoms with Gasteiger partial charge in [0.15, 0.2) is 0 Å². The third-order valence-corrected chi connectivity index (χ3v) is 10.1. The summed E-state index contributed by atoms with van der Waals surface area (Å²) in [6, 6.07) is 39.5. The highest BCUT2D eigenvalue weighted by Crippen LogP contribution is 2.72. The van der Waals surface area contributed by atoms with Gasteiger partial charge in [-0.1, -0.05) is 127 Å². The SMILES string of the molecule is O=P1(c2ccccc2)C(c2ccccc2)C=C(c2ccccc2)C(O)C1c1ccccc1. The van der Waals surface area contributed by atoms with Crippen molar-refractivity contribution in [1.29, 1.82) is 0 Å². The number of allylic oxidation sites excluding steroid dienone is 1. The molecule has 1 N–H and O–H groups in total. The molecule has 0 saturated carbocycles. The van der Waals surface area contributed by atoms with Gasteiger partial charge in [-0.25, -0.2) is 0 Å². The molecule has 3 heteroatoms. The average Bonchev–Trinajstić information content (AvgIpc) is 2.86. The molecular weight excluding hydrogens is 411 g/mol. The first-order valence-electron chi connectivity index (χ1n) is 10.9. The Morgan fingerprint density at radius 1 is 0.594 bits per heavy atom. The van der Waals surface area contributed by atoms with Crippen molar-refractivity contribution in [2.75, 3.05) is 0 Å². The van der Waals surface area contributed by atoms with Crippen LogP contribution in [0.25, 0.3) is 5.57 Å². The minimum atomic E-state index is -3.17. The molecule has 1 aliphatic rings. The van der Waals surface area contributed by atoms with Crippen LogP contribution in [-0.4, -0.2) is 11.2 Å². The summed E-state index contributed by atoms with van der Waals surface area (Å²) in [6.07, 6.45) is 1.16. The van der Waals surface area contributed by atoms with Crippen LogP contribution in [0.5, 0.6) is 0 Å². The maximum absolute atomic E-state index is 15.3. The molecule has 0 saturated heterocycles. The number of hydrogen-bond acceptors (Lipinski definition) is 2. The lowest BCUT2D eigenvalue weighted by molar-refractivity contribution is 0.223. The van der Waals surface area contributed by atoms with Gasteiger partial charge in [0, 0.05) is 5.30 Å². The van der Waals surface area contributed by atoms with Crippen LogP contribution in [-0.2, 0) is 4.57 Å². The van der Waals surface area contributed by atoms with Crippen LogP contribution in [0.4, 0.5) is 0 Å². The number of hydrogen-bond donors (Lipinski definition) is 1. The van der Waals surface area contributed by atoms with E-state index in [1.807, 2.05) is 127 Å². The van der Waals surface area contributed by atoms with Crippen LogP contribution in [0.1, 0.15) is 28.0 Å². The minimum absolute atomic E-state index is 0.338. The summed E-state index contributed by atoms with van der Waals surface area (Å²) in [5, 5.41) is 12.6. The van der Waals surface area contributed by atoms with E-state index in [-0.39, 0.29) is 5.66 Å². The summed E-state index contributed by atoms with van der Waals surface area (Å²) in [6.45, 7) is 0. The highest BCUT2D eigenvalue weighted by atomic mass is 31.2. The Balaban J connectivity index is 1.82. The van der Waals surface area contributed by atoms with Crippen LogP contribution in [0.2, 0.25) is 0 Å². The van der Waals surface area contributed by atoms with Gasteiger partial charge in [-0.2, -0.15) is 0 Å². The third kappa shape index (κ3) is 3.56. The fraction of sp³-hybridized carbons (Fsp3) is 0.103. The second kappa shape index (κ2) is 8.74. The first kappa shape index (κ1) is 20.7. The number of aliphatic hydroxyl groups is 1. The number of benzene rings is 4. The van der Waals surface area contributed by atoms with E-state index in [1.54, 1.807) is 0 Å². The van der Waals surface area contributed by atoms with E-state index in [9.17, 15) is 5.11 Å². The Hall–Kier alpha value is -3.19. The maximum Gasteiger partial charge on any atom is 0.136 e. The molecule has 0 bridgehead atoms. The number of rotatable bonds is 4. The molecule has 2 nitrogen and oxygen atoms in total. The Labute approximate surface area is 189 Å². The van der Waals surface area contributed by atoms with E-state index in [1.165, 1.54) is 0 Å². The molecule has 0 amide bonds. The van der Waals surface area contributed by atoms with Gasteiger partial charge in [-0.3, -0.25) is 0 Å². The first-order chi connectivity index (χ1) is 15.7. The first-order valence-corrected chi connectivity index (χ1v) is 12.7. The predicted molar refractivity (Wildman–Crippen MR) is 132 cm³/mol. The monoisotopic (exact) mass is 436 g/mol. The van der Waals surface area contributed by atoms with Crippen LogP contribution in [0.15, 0.2) is 127 Å². The van der Waals surface area contributed by atoms with Gasteiger partial charge in [-0.15, -0.1) is 0 Å². The highest BCUT2D eigenvalue weighted by Gasteiger charge is 2.50. The maximum atomic E-state index is 15.3. The molecular formula is C29H25O2P. The van der Waals surface area contributed by atoms with Crippen molar-refractivity contribution in [1.82, 2.24) is 0 Å². The molecule has 32 heavy (non-hydrogen) atoms. The van der Waals surface area contributed by atoms with Crippen LogP contribution >= 0.6 is 7.14 Å². The van der Waals surface area contributed by atoms with E-state index in [2.05, 4.69) is 0 Å². The lowest BCUT2D eigenvalue weighted by Gasteiger charge is -2.41. The van der Waals surface area contributed by atoms with Crippen molar-refractivity contribution >= 4 is 18.0 Å². The van der Waals surface area contributed by atoms with E-state index < -0.39 is 18.9 Å². The largest absolute Gasteiger partial charge is 0.387 e. The van der Waals surface area contributed by atoms with E-state index in [0.29, 0.717) is 0 Å². The van der Waals surface area contributed by atoms with E-state index in [0.717, 1.165) is 27.6 Å². The van der Waals surface area contributed by atoms with Crippen LogP contribution in [0.3, 0.4) is 0 Å². The predicted octanol–water partition coefficient (Wildman–Crippen LogP) is 6.62. The molecule has 0 spiro atoms. The Morgan fingerprint density at radius 3 is 1.62 bits per heavy atom. The molecule has 4 unspecified atom stereocenters. The molecule has 5 rings (SSSR count). The van der Waals surface area contributed by atoms with Gasteiger partial charge in [-0.05, 0) is 22.3 Å². The molecule has 4 aromatic rings. The molecule has 158 valence electrons. The fourth-order valence-corrected chi connectivity index (χ4v) is 8.65. The van der Waals surface area contributed by atoms with Gasteiger partial charge in [0.05, 0.1) is 17.4 Å². The normalized spacial score (nSPS) is 25.2. The zero-order valence-electron chi connectivity index (χ0n) is 17.7. The lowest BCUT2D eigenvalue weighted by Crippen LogP contribution is -2.31. The molecule has 1 heterocycles. The molecule has 4 atom stereocenters. The summed E-state index contributed by atoms with van der Waals surface area (Å²) >= 11 is 0. The fourth-order valence-electron chi connectivity index (χ4n) is 4.83. The smallest absolute Gasteiger partial charge is 0.136 e. The van der Waals surface area contributed by atoms with E-state index >= 15 is 4.57 Å². The van der Waals surface area contributed by atoms with Crippen molar-refractivity contribution in [2.45, 2.75) is 17.4 Å². The second-order valence-electron chi connectivity index (χ2n) is 8.19. The zero-order valence-corrected chi connectivity index (χ0v) is 18.6.